The van der Waals surface area contributed by atoms with Crippen LogP contribution < -0.4 is 10.6 Å². The number of nitrogens with one attached hydrogen (secondary N) is 2. The zero-order chi connectivity index (χ0) is 15.5. The van der Waals surface area contributed by atoms with Crippen LogP contribution in [0.3, 0.4) is 0 Å². The second-order valence-corrected chi connectivity index (χ2v) is 8.29. The van der Waals surface area contributed by atoms with Crippen molar-refractivity contribution in [1.82, 2.24) is 14.9 Å². The molecule has 122 valence electrons. The van der Waals surface area contributed by atoms with Crippen LogP contribution in [0.1, 0.15) is 33.1 Å². The molecule has 0 saturated carbocycles. The van der Waals surface area contributed by atoms with Crippen molar-refractivity contribution < 1.29 is 13.2 Å². The monoisotopic (exact) mass is 317 g/mol. The quantitative estimate of drug-likeness (QED) is 0.732. The van der Waals surface area contributed by atoms with Crippen molar-refractivity contribution in [2.45, 2.75) is 39.2 Å². The number of carbonyl (C=O) groups is 1. The highest BCUT2D eigenvalue weighted by atomic mass is 32.2. The fourth-order valence-corrected chi connectivity index (χ4v) is 4.42. The third-order valence-electron chi connectivity index (χ3n) is 4.59. The van der Waals surface area contributed by atoms with Crippen LogP contribution in [0.25, 0.3) is 0 Å². The van der Waals surface area contributed by atoms with E-state index in [4.69, 9.17) is 0 Å². The molecule has 0 aromatic rings. The smallest absolute Gasteiger partial charge is 0.223 e. The summed E-state index contributed by atoms with van der Waals surface area (Å²) in [6.45, 7) is 6.73. The maximum atomic E-state index is 12.2. The van der Waals surface area contributed by atoms with Gasteiger partial charge >= 0.3 is 0 Å². The SMILES string of the molecule is CCCS(=O)(=O)N1CCC(NC(=O)C(C)C2CNC2)CC1. The molecule has 0 aromatic carbocycles. The van der Waals surface area contributed by atoms with E-state index in [1.807, 2.05) is 13.8 Å². The van der Waals surface area contributed by atoms with Crippen LogP contribution in [-0.4, -0.2) is 56.6 Å². The van der Waals surface area contributed by atoms with Gasteiger partial charge in [0.1, 0.15) is 0 Å². The van der Waals surface area contributed by atoms with E-state index in [1.165, 1.54) is 0 Å². The van der Waals surface area contributed by atoms with Crippen LogP contribution in [0.15, 0.2) is 0 Å². The van der Waals surface area contributed by atoms with Crippen molar-refractivity contribution in [3.8, 4) is 0 Å². The van der Waals surface area contributed by atoms with Crippen LogP contribution in [-0.2, 0) is 14.8 Å². The van der Waals surface area contributed by atoms with Gasteiger partial charge in [-0.2, -0.15) is 0 Å². The molecular weight excluding hydrogens is 290 g/mol. The number of nitrogens with zero attached hydrogens (tertiary/aromatic N) is 1. The first kappa shape index (κ1) is 16.7. The second-order valence-electron chi connectivity index (χ2n) is 6.20. The lowest BCUT2D eigenvalue weighted by Gasteiger charge is -2.35. The van der Waals surface area contributed by atoms with E-state index < -0.39 is 10.0 Å². The Labute approximate surface area is 127 Å². The molecule has 1 atom stereocenters. The normalized spacial score (nSPS) is 23.5. The summed E-state index contributed by atoms with van der Waals surface area (Å²) < 4.78 is 25.5. The van der Waals surface area contributed by atoms with Crippen molar-refractivity contribution in [1.29, 1.82) is 0 Å². The summed E-state index contributed by atoms with van der Waals surface area (Å²) in [6, 6.07) is 0.112. The largest absolute Gasteiger partial charge is 0.353 e. The highest BCUT2D eigenvalue weighted by Gasteiger charge is 2.32. The maximum Gasteiger partial charge on any atom is 0.223 e. The fraction of sp³-hybridized carbons (Fsp3) is 0.929. The average Bonchev–Trinajstić information content (AvgIpc) is 2.37. The Kier molecular flexibility index (Phi) is 5.62. The molecule has 0 aromatic heterocycles. The molecule has 7 heteroatoms. The minimum Gasteiger partial charge on any atom is -0.353 e. The van der Waals surface area contributed by atoms with Gasteiger partial charge in [0.25, 0.3) is 0 Å². The van der Waals surface area contributed by atoms with E-state index >= 15 is 0 Å². The van der Waals surface area contributed by atoms with Crippen molar-refractivity contribution in [3.63, 3.8) is 0 Å². The topological polar surface area (TPSA) is 78.5 Å². The van der Waals surface area contributed by atoms with Gasteiger partial charge < -0.3 is 10.6 Å². The molecule has 1 amide bonds. The number of hydrogen-bond donors (Lipinski definition) is 2. The van der Waals surface area contributed by atoms with E-state index in [2.05, 4.69) is 10.6 Å². The predicted octanol–water partition coefficient (Wildman–Crippen LogP) is 0.162. The molecule has 6 nitrogen and oxygen atoms in total. The zero-order valence-electron chi connectivity index (χ0n) is 13.0. The van der Waals surface area contributed by atoms with E-state index in [1.54, 1.807) is 4.31 Å². The van der Waals surface area contributed by atoms with Crippen molar-refractivity contribution in [2.24, 2.45) is 11.8 Å². The molecule has 0 aliphatic carbocycles. The van der Waals surface area contributed by atoms with Gasteiger partial charge in [0.2, 0.25) is 15.9 Å². The maximum absolute atomic E-state index is 12.2. The van der Waals surface area contributed by atoms with E-state index in [0.29, 0.717) is 38.3 Å². The van der Waals surface area contributed by atoms with Crippen molar-refractivity contribution in [3.05, 3.63) is 0 Å². The lowest BCUT2D eigenvalue weighted by Crippen LogP contribution is -2.52. The number of sulfonamides is 1. The Morgan fingerprint density at radius 3 is 2.43 bits per heavy atom. The molecule has 2 aliphatic rings. The van der Waals surface area contributed by atoms with E-state index in [9.17, 15) is 13.2 Å². The molecule has 0 spiro atoms. The standard InChI is InChI=1S/C14H27N3O3S/c1-3-8-21(19,20)17-6-4-13(5-7-17)16-14(18)11(2)12-9-15-10-12/h11-13,15H,3-10H2,1-2H3,(H,16,18). The van der Waals surface area contributed by atoms with Gasteiger partial charge in [0.05, 0.1) is 5.75 Å². The number of carbonyl (C=O) groups excluding carboxylic acids is 1. The Morgan fingerprint density at radius 1 is 1.33 bits per heavy atom. The van der Waals surface area contributed by atoms with E-state index in [-0.39, 0.29) is 23.6 Å². The molecule has 2 heterocycles. The van der Waals surface area contributed by atoms with Gasteiger partial charge in [-0.25, -0.2) is 12.7 Å². The minimum atomic E-state index is -3.10. The highest BCUT2D eigenvalue weighted by Crippen LogP contribution is 2.19. The van der Waals surface area contributed by atoms with Crippen LogP contribution in [0.4, 0.5) is 0 Å². The van der Waals surface area contributed by atoms with Gasteiger partial charge in [0.15, 0.2) is 0 Å². The number of piperidine rings is 1. The fourth-order valence-electron chi connectivity index (χ4n) is 2.88. The average molecular weight is 317 g/mol. The Hall–Kier alpha value is -0.660. The van der Waals surface area contributed by atoms with Crippen LogP contribution >= 0.6 is 0 Å². The number of amides is 1. The molecule has 2 rings (SSSR count). The summed E-state index contributed by atoms with van der Waals surface area (Å²) in [7, 11) is -3.10. The van der Waals surface area contributed by atoms with Crippen LogP contribution in [0, 0.1) is 11.8 Å². The molecule has 2 fully saturated rings. The third kappa shape index (κ3) is 4.17. The van der Waals surface area contributed by atoms with E-state index in [0.717, 1.165) is 13.1 Å². The Balaban J connectivity index is 1.77. The zero-order valence-corrected chi connectivity index (χ0v) is 13.8. The summed E-state index contributed by atoms with van der Waals surface area (Å²) in [4.78, 5) is 12.2. The van der Waals surface area contributed by atoms with Crippen LogP contribution in [0.2, 0.25) is 0 Å². The summed E-state index contributed by atoms with van der Waals surface area (Å²) >= 11 is 0. The minimum absolute atomic E-state index is 0.0353. The molecule has 2 N–H and O–H groups in total. The molecule has 21 heavy (non-hydrogen) atoms. The first-order valence-electron chi connectivity index (χ1n) is 7.93. The predicted molar refractivity (Wildman–Crippen MR) is 82.3 cm³/mol. The molecular formula is C14H27N3O3S. The second kappa shape index (κ2) is 7.07. The molecule has 0 radical (unpaired) electrons. The number of hydrogen-bond acceptors (Lipinski definition) is 4. The van der Waals surface area contributed by atoms with Gasteiger partial charge in [-0.3, -0.25) is 4.79 Å². The Bertz CT molecular complexity index is 454. The third-order valence-corrected chi connectivity index (χ3v) is 6.67. The van der Waals surface area contributed by atoms with Crippen molar-refractivity contribution in [2.75, 3.05) is 31.9 Å². The summed E-state index contributed by atoms with van der Waals surface area (Å²) in [6.07, 6.45) is 2.07. The molecule has 2 aliphatic heterocycles. The van der Waals surface area contributed by atoms with Gasteiger partial charge in [0, 0.05) is 25.0 Å². The van der Waals surface area contributed by atoms with Gasteiger partial charge in [-0.05, 0) is 38.3 Å². The molecule has 0 bridgehead atoms. The summed E-state index contributed by atoms with van der Waals surface area (Å²) in [5.74, 6) is 0.801. The lowest BCUT2D eigenvalue weighted by molar-refractivity contribution is -0.127. The molecule has 1 unspecified atom stereocenters. The van der Waals surface area contributed by atoms with Gasteiger partial charge in [-0.1, -0.05) is 13.8 Å². The first-order chi connectivity index (χ1) is 9.94. The number of rotatable bonds is 6. The highest BCUT2D eigenvalue weighted by molar-refractivity contribution is 7.89. The van der Waals surface area contributed by atoms with Crippen molar-refractivity contribution >= 4 is 15.9 Å². The summed E-state index contributed by atoms with van der Waals surface area (Å²) in [5.41, 5.74) is 0. The molecule has 2 saturated heterocycles. The Morgan fingerprint density at radius 2 is 1.95 bits per heavy atom. The summed E-state index contributed by atoms with van der Waals surface area (Å²) in [5, 5.41) is 6.27. The lowest BCUT2D eigenvalue weighted by atomic mass is 9.88. The van der Waals surface area contributed by atoms with Gasteiger partial charge in [-0.15, -0.1) is 0 Å². The van der Waals surface area contributed by atoms with Crippen LogP contribution in [0.5, 0.6) is 0 Å². The first-order valence-corrected chi connectivity index (χ1v) is 9.54.